The fourth-order valence-electron chi connectivity index (χ4n) is 3.28. The molecule has 0 amide bonds. The highest BCUT2D eigenvalue weighted by molar-refractivity contribution is 9.11. The zero-order chi connectivity index (χ0) is 22.0. The molecule has 31 heavy (non-hydrogen) atoms. The number of rotatable bonds is 7. The van der Waals surface area contributed by atoms with Gasteiger partial charge in [-0.1, -0.05) is 6.92 Å². The van der Waals surface area contributed by atoms with E-state index < -0.39 is 0 Å². The molecule has 158 valence electrons. The van der Waals surface area contributed by atoms with Crippen molar-refractivity contribution in [2.75, 3.05) is 0 Å². The Morgan fingerprint density at radius 3 is 2.39 bits per heavy atom. The van der Waals surface area contributed by atoms with E-state index in [0.717, 1.165) is 43.4 Å². The summed E-state index contributed by atoms with van der Waals surface area (Å²) in [4.78, 5) is 5.92. The van der Waals surface area contributed by atoms with Crippen LogP contribution in [0.15, 0.2) is 63.8 Å². The first kappa shape index (κ1) is 21.6. The van der Waals surface area contributed by atoms with Crippen LogP contribution in [0.5, 0.6) is 0 Å². The molecule has 4 rings (SSSR count). The van der Waals surface area contributed by atoms with Crippen molar-refractivity contribution in [2.24, 2.45) is 19.1 Å². The average molecular weight is 513 g/mol. The topological polar surface area (TPSA) is 71.8 Å². The SMILES string of the molecule is CCc1nsnc1/C(=C/N=C(C(=N)c1cccn1C)c1cccn1C)c1ccc(Br)s1. The van der Waals surface area contributed by atoms with Crippen LogP contribution in [0.3, 0.4) is 0 Å². The van der Waals surface area contributed by atoms with Gasteiger partial charge in [-0.25, -0.2) is 0 Å². The highest BCUT2D eigenvalue weighted by atomic mass is 79.9. The van der Waals surface area contributed by atoms with Gasteiger partial charge in [0, 0.05) is 43.1 Å². The van der Waals surface area contributed by atoms with E-state index >= 15 is 0 Å². The minimum absolute atomic E-state index is 0.365. The molecule has 0 spiro atoms. The maximum Gasteiger partial charge on any atom is 0.114 e. The van der Waals surface area contributed by atoms with Crippen molar-refractivity contribution in [1.29, 1.82) is 5.41 Å². The lowest BCUT2D eigenvalue weighted by atomic mass is 10.1. The van der Waals surface area contributed by atoms with E-state index in [9.17, 15) is 0 Å². The van der Waals surface area contributed by atoms with E-state index in [2.05, 4.69) is 37.7 Å². The zero-order valence-electron chi connectivity index (χ0n) is 17.3. The predicted octanol–water partition coefficient (Wildman–Crippen LogP) is 5.55. The summed E-state index contributed by atoms with van der Waals surface area (Å²) in [5.74, 6) is 0. The zero-order valence-corrected chi connectivity index (χ0v) is 20.6. The fraction of sp³-hybridized carbons (Fsp3) is 0.182. The molecule has 0 unspecified atom stereocenters. The molecule has 0 bridgehead atoms. The third kappa shape index (κ3) is 4.39. The number of aryl methyl sites for hydroxylation is 3. The van der Waals surface area contributed by atoms with Crippen LogP contribution in [0.4, 0.5) is 0 Å². The molecule has 6 nitrogen and oxygen atoms in total. The third-order valence-corrected chi connectivity index (χ3v) is 7.15. The molecular weight excluding hydrogens is 492 g/mol. The fourth-order valence-corrected chi connectivity index (χ4v) is 5.32. The standard InChI is InChI=1S/C22H21BrN6S2/c1-4-15-21(27-31-26-15)14(18-9-10-19(23)30-18)13-25-22(17-8-6-12-29(17)3)20(24)16-7-5-11-28(16)2/h5-13,24H,4H2,1-3H3/b14-13+,24-20?,25-22?. The van der Waals surface area contributed by atoms with Gasteiger partial charge in [-0.3, -0.25) is 10.4 Å². The van der Waals surface area contributed by atoms with Crippen molar-refractivity contribution in [3.63, 3.8) is 0 Å². The third-order valence-electron chi connectivity index (χ3n) is 4.93. The van der Waals surface area contributed by atoms with E-state index in [1.807, 2.05) is 72.2 Å². The van der Waals surface area contributed by atoms with Crippen molar-refractivity contribution < 1.29 is 0 Å². The van der Waals surface area contributed by atoms with Gasteiger partial charge in [0.1, 0.15) is 17.1 Å². The Kier molecular flexibility index (Phi) is 6.45. The molecule has 4 heterocycles. The van der Waals surface area contributed by atoms with Gasteiger partial charge in [0.2, 0.25) is 0 Å². The van der Waals surface area contributed by atoms with E-state index in [4.69, 9.17) is 10.4 Å². The minimum atomic E-state index is 0.365. The monoisotopic (exact) mass is 512 g/mol. The Morgan fingerprint density at radius 2 is 1.81 bits per heavy atom. The number of aromatic nitrogens is 4. The first-order valence-corrected chi connectivity index (χ1v) is 12.0. The normalized spacial score (nSPS) is 12.5. The number of nitrogens with zero attached hydrogens (tertiary/aromatic N) is 5. The smallest absolute Gasteiger partial charge is 0.114 e. The van der Waals surface area contributed by atoms with Gasteiger partial charge in [-0.15, -0.1) is 11.3 Å². The molecule has 9 heteroatoms. The maximum absolute atomic E-state index is 8.90. The van der Waals surface area contributed by atoms with Crippen molar-refractivity contribution in [2.45, 2.75) is 13.3 Å². The Balaban J connectivity index is 1.89. The quantitative estimate of drug-likeness (QED) is 0.329. The van der Waals surface area contributed by atoms with E-state index in [0.29, 0.717) is 11.4 Å². The van der Waals surface area contributed by atoms with E-state index in [-0.39, 0.29) is 0 Å². The number of thiophene rings is 1. The molecule has 0 radical (unpaired) electrons. The van der Waals surface area contributed by atoms with E-state index in [1.165, 1.54) is 11.7 Å². The molecular formula is C22H21BrN6S2. The molecule has 0 saturated heterocycles. The average Bonchev–Trinajstić information content (AvgIpc) is 3.54. The summed E-state index contributed by atoms with van der Waals surface area (Å²) in [6.07, 6.45) is 6.52. The second-order valence-corrected chi connectivity index (χ2v) is 9.91. The largest absolute Gasteiger partial charge is 0.349 e. The van der Waals surface area contributed by atoms with Crippen molar-refractivity contribution in [3.05, 3.63) is 86.4 Å². The summed E-state index contributed by atoms with van der Waals surface area (Å²) in [6, 6.07) is 11.9. The summed E-state index contributed by atoms with van der Waals surface area (Å²) in [6.45, 7) is 2.08. The highest BCUT2D eigenvalue weighted by Crippen LogP contribution is 2.33. The van der Waals surface area contributed by atoms with Gasteiger partial charge in [0.25, 0.3) is 0 Å². The van der Waals surface area contributed by atoms with E-state index in [1.54, 1.807) is 11.3 Å². The molecule has 4 aromatic heterocycles. The summed E-state index contributed by atoms with van der Waals surface area (Å²) < 4.78 is 14.0. The van der Waals surface area contributed by atoms with Gasteiger partial charge < -0.3 is 9.13 Å². The molecule has 0 atom stereocenters. The Labute approximate surface area is 197 Å². The summed E-state index contributed by atoms with van der Waals surface area (Å²) in [5.41, 5.74) is 5.36. The molecule has 0 aliphatic carbocycles. The minimum Gasteiger partial charge on any atom is -0.349 e. The number of halogens is 1. The predicted molar refractivity (Wildman–Crippen MR) is 133 cm³/mol. The van der Waals surface area contributed by atoms with Crippen molar-refractivity contribution >= 4 is 56.0 Å². The van der Waals surface area contributed by atoms with Crippen LogP contribution in [-0.4, -0.2) is 29.3 Å². The molecule has 0 fully saturated rings. The number of hydrogen-bond donors (Lipinski definition) is 1. The summed E-state index contributed by atoms with van der Waals surface area (Å²) in [5, 5.41) is 8.90. The Hall–Kier alpha value is -2.62. The van der Waals surface area contributed by atoms with Crippen LogP contribution < -0.4 is 0 Å². The van der Waals surface area contributed by atoms with Crippen LogP contribution in [0.1, 0.15) is 34.6 Å². The van der Waals surface area contributed by atoms with Gasteiger partial charge >= 0.3 is 0 Å². The number of hydrogen-bond acceptors (Lipinski definition) is 6. The highest BCUT2D eigenvalue weighted by Gasteiger charge is 2.19. The Morgan fingerprint density at radius 1 is 1.10 bits per heavy atom. The molecule has 1 N–H and O–H groups in total. The first-order valence-electron chi connectivity index (χ1n) is 9.67. The van der Waals surface area contributed by atoms with Gasteiger partial charge in [-0.2, -0.15) is 8.75 Å². The lowest BCUT2D eigenvalue weighted by Gasteiger charge is -2.11. The lowest BCUT2D eigenvalue weighted by molar-refractivity contribution is 0.908. The van der Waals surface area contributed by atoms with Gasteiger partial charge in [-0.05, 0) is 58.7 Å². The number of aliphatic imine (C=N–C) groups is 1. The van der Waals surface area contributed by atoms with Gasteiger partial charge in [0.05, 0.1) is 32.6 Å². The molecule has 4 aromatic rings. The van der Waals surface area contributed by atoms with Crippen LogP contribution in [0.25, 0.3) is 5.57 Å². The maximum atomic E-state index is 8.90. The second-order valence-electron chi connectivity index (χ2n) is 6.92. The van der Waals surface area contributed by atoms with Crippen molar-refractivity contribution in [1.82, 2.24) is 17.9 Å². The Bertz CT molecular complexity index is 1290. The molecule has 0 aliphatic heterocycles. The molecule has 0 saturated carbocycles. The van der Waals surface area contributed by atoms with Crippen molar-refractivity contribution in [3.8, 4) is 0 Å². The first-order chi connectivity index (χ1) is 15.0. The van der Waals surface area contributed by atoms with Crippen LogP contribution in [-0.2, 0) is 20.5 Å². The van der Waals surface area contributed by atoms with Crippen LogP contribution in [0, 0.1) is 5.41 Å². The summed E-state index contributed by atoms with van der Waals surface area (Å²) in [7, 11) is 3.90. The summed E-state index contributed by atoms with van der Waals surface area (Å²) >= 11 is 6.40. The second kappa shape index (κ2) is 9.25. The van der Waals surface area contributed by atoms with Gasteiger partial charge in [0.15, 0.2) is 0 Å². The van der Waals surface area contributed by atoms with Crippen LogP contribution in [0.2, 0.25) is 0 Å². The van der Waals surface area contributed by atoms with Crippen LogP contribution >= 0.6 is 39.0 Å². The molecule has 0 aromatic carbocycles. The lowest BCUT2D eigenvalue weighted by Crippen LogP contribution is -2.20. The number of nitrogens with one attached hydrogen (secondary N) is 1. The molecule has 0 aliphatic rings.